The van der Waals surface area contributed by atoms with Crippen LogP contribution in [0.15, 0.2) is 0 Å². The average Bonchev–Trinajstić information content (AvgIpc) is 1.59. The highest BCUT2D eigenvalue weighted by Gasteiger charge is 2.13. The maximum Gasteiger partial charge on any atom is 0.466 e. The SMILES string of the molecule is O=P(O)(O)O.OCC(O)(O)O. The third-order valence-electron chi connectivity index (χ3n) is 0.212. The van der Waals surface area contributed by atoms with Gasteiger partial charge in [0.15, 0.2) is 0 Å². The number of rotatable bonds is 1. The maximum absolute atomic E-state index is 8.88. The molecule has 0 aromatic carbocycles. The molecule has 0 aliphatic carbocycles. The Morgan fingerprint density at radius 3 is 1.18 bits per heavy atom. The predicted octanol–water partition coefficient (Wildman–Crippen LogP) is -3.32. The fourth-order valence-electron chi connectivity index (χ4n) is 0. The van der Waals surface area contributed by atoms with E-state index in [4.69, 9.17) is 39.7 Å². The van der Waals surface area contributed by atoms with E-state index in [1.54, 1.807) is 0 Å². The lowest BCUT2D eigenvalue weighted by molar-refractivity contribution is -0.326. The molecule has 0 unspecified atom stereocenters. The summed E-state index contributed by atoms with van der Waals surface area (Å²) < 4.78 is 8.88. The van der Waals surface area contributed by atoms with Crippen LogP contribution in [0.4, 0.5) is 0 Å². The molecule has 0 aliphatic rings. The molecule has 8 nitrogen and oxygen atoms in total. The summed E-state index contributed by atoms with van der Waals surface area (Å²) in [5.74, 6) is -2.90. The fraction of sp³-hybridized carbons (Fsp3) is 1.00. The second kappa shape index (κ2) is 4.75. The zero-order valence-corrected chi connectivity index (χ0v) is 6.09. The van der Waals surface area contributed by atoms with Gasteiger partial charge in [-0.3, -0.25) is 0 Å². The number of aliphatic hydroxyl groups excluding tert-OH is 1. The second-order valence-corrected chi connectivity index (χ2v) is 2.47. The maximum atomic E-state index is 8.88. The molecule has 0 aliphatic heterocycles. The molecule has 0 rings (SSSR count). The van der Waals surface area contributed by atoms with Gasteiger partial charge in [0.2, 0.25) is 0 Å². The first-order valence-electron chi connectivity index (χ1n) is 2.12. The monoisotopic (exact) mass is 192 g/mol. The summed E-state index contributed by atoms with van der Waals surface area (Å²) in [6, 6.07) is 0. The zero-order chi connectivity index (χ0) is 9.71. The van der Waals surface area contributed by atoms with Crippen molar-refractivity contribution >= 4 is 7.82 Å². The fourth-order valence-corrected chi connectivity index (χ4v) is 0. The normalized spacial score (nSPS) is 11.9. The van der Waals surface area contributed by atoms with Crippen molar-refractivity contribution in [3.8, 4) is 0 Å². The topological polar surface area (TPSA) is 159 Å². The van der Waals surface area contributed by atoms with Gasteiger partial charge in [-0.15, -0.1) is 0 Å². The van der Waals surface area contributed by atoms with E-state index in [0.717, 1.165) is 0 Å². The van der Waals surface area contributed by atoms with Gasteiger partial charge in [-0.2, -0.15) is 0 Å². The van der Waals surface area contributed by atoms with Crippen molar-refractivity contribution in [3.63, 3.8) is 0 Å². The van der Waals surface area contributed by atoms with Gasteiger partial charge in [0, 0.05) is 0 Å². The molecule has 11 heavy (non-hydrogen) atoms. The first kappa shape index (κ1) is 13.5. The van der Waals surface area contributed by atoms with E-state index in [0.29, 0.717) is 0 Å². The molecule has 0 heterocycles. The summed E-state index contributed by atoms with van der Waals surface area (Å²) in [6.07, 6.45) is 0. The molecule has 0 fully saturated rings. The van der Waals surface area contributed by atoms with Gasteiger partial charge in [-0.25, -0.2) is 4.57 Å². The van der Waals surface area contributed by atoms with Gasteiger partial charge < -0.3 is 35.1 Å². The molecule has 0 atom stereocenters. The van der Waals surface area contributed by atoms with Crippen LogP contribution in [0.1, 0.15) is 0 Å². The summed E-state index contributed by atoms with van der Waals surface area (Å²) in [7, 11) is -4.64. The molecule has 9 heteroatoms. The Morgan fingerprint density at radius 1 is 1.09 bits per heavy atom. The molecule has 0 radical (unpaired) electrons. The lowest BCUT2D eigenvalue weighted by Crippen LogP contribution is -2.31. The van der Waals surface area contributed by atoms with E-state index < -0.39 is 20.4 Å². The Morgan fingerprint density at radius 2 is 1.18 bits per heavy atom. The minimum absolute atomic E-state index is 1.06. The molecular weight excluding hydrogens is 183 g/mol. The van der Waals surface area contributed by atoms with Gasteiger partial charge in [0.1, 0.15) is 6.61 Å². The van der Waals surface area contributed by atoms with Crippen molar-refractivity contribution in [1.82, 2.24) is 0 Å². The third-order valence-corrected chi connectivity index (χ3v) is 0.212. The largest absolute Gasteiger partial charge is 0.466 e. The second-order valence-electron chi connectivity index (χ2n) is 1.45. The van der Waals surface area contributed by atoms with Crippen LogP contribution in [0, 0.1) is 0 Å². The Hall–Kier alpha value is -0.0500. The minimum Gasteiger partial charge on any atom is -0.388 e. The Bertz CT molecular complexity index is 121. The quantitative estimate of drug-likeness (QED) is 0.168. The highest BCUT2D eigenvalue weighted by molar-refractivity contribution is 7.45. The summed E-state index contributed by atoms with van der Waals surface area (Å²) in [6.45, 7) is -1.06. The molecule has 0 bridgehead atoms. The van der Waals surface area contributed by atoms with Gasteiger partial charge >= 0.3 is 7.82 Å². The van der Waals surface area contributed by atoms with Crippen LogP contribution >= 0.6 is 7.82 Å². The first-order valence-corrected chi connectivity index (χ1v) is 3.69. The molecule has 0 aromatic rings. The number of hydrogen-bond donors (Lipinski definition) is 7. The van der Waals surface area contributed by atoms with E-state index >= 15 is 0 Å². The molecule has 0 saturated heterocycles. The molecule has 0 amide bonds. The van der Waals surface area contributed by atoms with Crippen molar-refractivity contribution in [2.75, 3.05) is 6.61 Å². The van der Waals surface area contributed by atoms with Crippen molar-refractivity contribution < 1.29 is 39.7 Å². The highest BCUT2D eigenvalue weighted by Crippen LogP contribution is 2.25. The van der Waals surface area contributed by atoms with E-state index in [9.17, 15) is 0 Å². The highest BCUT2D eigenvalue weighted by atomic mass is 31.2. The Balaban J connectivity index is 0. The van der Waals surface area contributed by atoms with E-state index in [2.05, 4.69) is 0 Å². The third kappa shape index (κ3) is 72.3. The number of hydrogen-bond acceptors (Lipinski definition) is 5. The van der Waals surface area contributed by atoms with Gasteiger partial charge in [-0.1, -0.05) is 0 Å². The first-order chi connectivity index (χ1) is 4.56. The van der Waals surface area contributed by atoms with Crippen LogP contribution < -0.4 is 0 Å². The number of phosphoric acid groups is 1. The molecular formula is C2H9O8P. The van der Waals surface area contributed by atoms with Crippen molar-refractivity contribution in [2.24, 2.45) is 0 Å². The molecule has 0 aromatic heterocycles. The van der Waals surface area contributed by atoms with E-state index in [1.165, 1.54) is 0 Å². The van der Waals surface area contributed by atoms with Crippen LogP contribution in [-0.4, -0.2) is 47.7 Å². The standard InChI is InChI=1S/C2H6O4.H3O4P/c3-1-2(4,5)6;1-5(2,3)4/h3-6H,1H2;(H3,1,2,3,4). The Labute approximate surface area is 61.2 Å². The van der Waals surface area contributed by atoms with Crippen LogP contribution in [0.2, 0.25) is 0 Å². The lowest BCUT2D eigenvalue weighted by Gasteiger charge is -2.07. The smallest absolute Gasteiger partial charge is 0.388 e. The van der Waals surface area contributed by atoms with Gasteiger partial charge in [0.05, 0.1) is 0 Å². The van der Waals surface area contributed by atoms with Crippen LogP contribution in [-0.2, 0) is 4.57 Å². The van der Waals surface area contributed by atoms with Crippen molar-refractivity contribution in [3.05, 3.63) is 0 Å². The summed E-state index contributed by atoms with van der Waals surface area (Å²) in [5.41, 5.74) is 0. The molecule has 7 N–H and O–H groups in total. The zero-order valence-electron chi connectivity index (χ0n) is 5.19. The number of aliphatic hydroxyl groups is 4. The van der Waals surface area contributed by atoms with Crippen molar-refractivity contribution in [2.45, 2.75) is 5.97 Å². The average molecular weight is 192 g/mol. The van der Waals surface area contributed by atoms with E-state index in [1.807, 2.05) is 0 Å². The van der Waals surface area contributed by atoms with E-state index in [-0.39, 0.29) is 0 Å². The predicted molar refractivity (Wildman–Crippen MR) is 30.7 cm³/mol. The lowest BCUT2D eigenvalue weighted by atomic mass is 10.6. The Kier molecular flexibility index (Phi) is 5.85. The van der Waals surface area contributed by atoms with Crippen LogP contribution in [0.25, 0.3) is 0 Å². The molecule has 70 valence electrons. The van der Waals surface area contributed by atoms with Crippen molar-refractivity contribution in [1.29, 1.82) is 0 Å². The minimum atomic E-state index is -4.64. The van der Waals surface area contributed by atoms with Gasteiger partial charge in [0.25, 0.3) is 5.97 Å². The summed E-state index contributed by atoms with van der Waals surface area (Å²) in [5, 5.41) is 30.7. The van der Waals surface area contributed by atoms with Crippen LogP contribution in [0.5, 0.6) is 0 Å². The van der Waals surface area contributed by atoms with Crippen LogP contribution in [0.3, 0.4) is 0 Å². The summed E-state index contributed by atoms with van der Waals surface area (Å²) in [4.78, 5) is 21.6. The molecule has 0 saturated carbocycles. The molecule has 0 spiro atoms. The summed E-state index contributed by atoms with van der Waals surface area (Å²) >= 11 is 0. The van der Waals surface area contributed by atoms with Gasteiger partial charge in [-0.05, 0) is 0 Å².